The molecule has 0 radical (unpaired) electrons. The molecule has 3 aliphatic carbocycles. The van der Waals surface area contributed by atoms with Gasteiger partial charge >= 0.3 is 0 Å². The van der Waals surface area contributed by atoms with Crippen LogP contribution in [0.5, 0.6) is 0 Å². The minimum Gasteiger partial charge on any atom is -0.414 e. The van der Waals surface area contributed by atoms with E-state index in [-0.39, 0.29) is 27.9 Å². The predicted octanol–water partition coefficient (Wildman–Crippen LogP) is 9.62. The number of benzene rings is 1. The number of allylic oxidation sites excluding steroid dienone is 3. The standard InChI is InChI=1S/C35H56O4SSi/c1-25-12-16-31(17-13-25)40(36,37)38-24-27(3)32-18-19-33-29(11-10-20-35(32,33)7)15-14-28-21-26(2)22-30(23-28)39-41(8,9)34(4,5)6/h12-17,26-27,30,32-33H,10-11,18-24H2,1-9H3/b28-14-,29-15+/t26-,27-,30+,32-,33+,35-/m1/s1. The van der Waals surface area contributed by atoms with E-state index in [2.05, 4.69) is 66.8 Å². The fourth-order valence-electron chi connectivity index (χ4n) is 7.78. The summed E-state index contributed by atoms with van der Waals surface area (Å²) in [5.74, 6) is 1.90. The first-order valence-electron chi connectivity index (χ1n) is 16.0. The van der Waals surface area contributed by atoms with Crippen LogP contribution in [0.1, 0.15) is 98.5 Å². The molecule has 0 aliphatic heterocycles. The van der Waals surface area contributed by atoms with Gasteiger partial charge in [-0.1, -0.05) is 82.5 Å². The normalized spacial score (nSPS) is 32.3. The van der Waals surface area contributed by atoms with Crippen LogP contribution in [-0.2, 0) is 18.7 Å². The zero-order valence-electron chi connectivity index (χ0n) is 27.3. The fraction of sp³-hybridized carbons (Fsp3) is 0.714. The summed E-state index contributed by atoms with van der Waals surface area (Å²) in [5.41, 5.74) is 4.39. The zero-order chi connectivity index (χ0) is 30.2. The van der Waals surface area contributed by atoms with Gasteiger partial charge in [0.2, 0.25) is 0 Å². The van der Waals surface area contributed by atoms with Crippen molar-refractivity contribution < 1.29 is 17.0 Å². The van der Waals surface area contributed by atoms with Crippen molar-refractivity contribution in [3.8, 4) is 0 Å². The third-order valence-electron chi connectivity index (χ3n) is 11.1. The van der Waals surface area contributed by atoms with Gasteiger partial charge in [-0.05, 0) is 118 Å². The Balaban J connectivity index is 1.43. The lowest BCUT2D eigenvalue weighted by Crippen LogP contribution is -2.45. The van der Waals surface area contributed by atoms with Gasteiger partial charge in [0.1, 0.15) is 0 Å². The van der Waals surface area contributed by atoms with Crippen molar-refractivity contribution in [3.05, 3.63) is 53.1 Å². The van der Waals surface area contributed by atoms with Crippen molar-refractivity contribution in [1.29, 1.82) is 0 Å². The fourth-order valence-corrected chi connectivity index (χ4v) is 10.1. The van der Waals surface area contributed by atoms with Crippen LogP contribution in [0.2, 0.25) is 18.1 Å². The number of fused-ring (bicyclic) bond motifs is 1. The first-order chi connectivity index (χ1) is 19.0. The number of rotatable bonds is 8. The van der Waals surface area contributed by atoms with E-state index in [1.807, 2.05) is 19.1 Å². The van der Waals surface area contributed by atoms with Gasteiger partial charge in [-0.2, -0.15) is 8.42 Å². The molecule has 3 fully saturated rings. The Morgan fingerprint density at radius 1 is 1.10 bits per heavy atom. The molecule has 41 heavy (non-hydrogen) atoms. The summed E-state index contributed by atoms with van der Waals surface area (Å²) in [6.45, 7) is 21.0. The van der Waals surface area contributed by atoms with Crippen LogP contribution in [-0.4, -0.2) is 29.4 Å². The van der Waals surface area contributed by atoms with E-state index in [4.69, 9.17) is 8.61 Å². The van der Waals surface area contributed by atoms with Crippen LogP contribution in [0.15, 0.2) is 52.5 Å². The van der Waals surface area contributed by atoms with E-state index in [0.717, 1.165) is 18.4 Å². The summed E-state index contributed by atoms with van der Waals surface area (Å²) in [5, 5.41) is 0.234. The van der Waals surface area contributed by atoms with Crippen LogP contribution < -0.4 is 0 Å². The number of hydrogen-bond donors (Lipinski definition) is 0. The quantitative estimate of drug-likeness (QED) is 0.220. The lowest BCUT2D eigenvalue weighted by molar-refractivity contribution is 0.0760. The molecular weight excluding hydrogens is 545 g/mol. The summed E-state index contributed by atoms with van der Waals surface area (Å²) in [6.07, 6.45) is 14.6. The van der Waals surface area contributed by atoms with Gasteiger partial charge < -0.3 is 4.43 Å². The molecule has 0 N–H and O–H groups in total. The SMILES string of the molecule is Cc1ccc(S(=O)(=O)OC[C@@H](C)[C@H]2CC[C@H]3/C(=C/C=C4/C[C@@H](C)C[C@H](O[Si](C)(C)C(C)(C)C)C4)CCC[C@]23C)cc1. The maximum atomic E-state index is 12.8. The summed E-state index contributed by atoms with van der Waals surface area (Å²) in [6, 6.07) is 6.93. The molecular formula is C35H56O4SSi. The molecule has 6 heteroatoms. The highest BCUT2D eigenvalue weighted by atomic mass is 32.2. The summed E-state index contributed by atoms with van der Waals surface area (Å²) >= 11 is 0. The second-order valence-corrected chi connectivity index (χ2v) is 21.8. The van der Waals surface area contributed by atoms with E-state index in [9.17, 15) is 8.42 Å². The van der Waals surface area contributed by atoms with Crippen LogP contribution in [0, 0.1) is 36.0 Å². The van der Waals surface area contributed by atoms with Gasteiger partial charge in [0.15, 0.2) is 8.32 Å². The summed E-state index contributed by atoms with van der Waals surface area (Å²) < 4.78 is 38.2. The van der Waals surface area contributed by atoms with E-state index in [0.29, 0.717) is 23.9 Å². The highest BCUT2D eigenvalue weighted by Crippen LogP contribution is 2.59. The topological polar surface area (TPSA) is 52.6 Å². The molecule has 4 nitrogen and oxygen atoms in total. The monoisotopic (exact) mass is 600 g/mol. The Kier molecular flexibility index (Phi) is 9.90. The van der Waals surface area contributed by atoms with Gasteiger partial charge in [0, 0.05) is 6.10 Å². The minimum absolute atomic E-state index is 0.190. The largest absolute Gasteiger partial charge is 0.414 e. The van der Waals surface area contributed by atoms with Gasteiger partial charge in [0.25, 0.3) is 10.1 Å². The van der Waals surface area contributed by atoms with E-state index >= 15 is 0 Å². The smallest absolute Gasteiger partial charge is 0.296 e. The maximum absolute atomic E-state index is 12.8. The van der Waals surface area contributed by atoms with Gasteiger partial charge in [-0.15, -0.1) is 0 Å². The molecule has 3 saturated carbocycles. The maximum Gasteiger partial charge on any atom is 0.296 e. The lowest BCUT2D eigenvalue weighted by Gasteiger charge is -2.44. The molecule has 0 unspecified atom stereocenters. The Labute approximate surface area is 252 Å². The molecule has 0 amide bonds. The summed E-state index contributed by atoms with van der Waals surface area (Å²) in [4.78, 5) is 0.246. The van der Waals surface area contributed by atoms with Crippen molar-refractivity contribution in [2.24, 2.45) is 29.1 Å². The molecule has 0 spiro atoms. The lowest BCUT2D eigenvalue weighted by atomic mass is 9.61. The number of aryl methyl sites for hydroxylation is 1. The second-order valence-electron chi connectivity index (χ2n) is 15.4. The second kappa shape index (κ2) is 12.4. The molecule has 1 aromatic rings. The molecule has 0 bridgehead atoms. The highest BCUT2D eigenvalue weighted by Gasteiger charge is 2.51. The Bertz CT molecular complexity index is 1220. The molecule has 0 heterocycles. The third kappa shape index (κ3) is 7.48. The van der Waals surface area contributed by atoms with Crippen LogP contribution in [0.25, 0.3) is 0 Å². The van der Waals surface area contributed by atoms with Gasteiger partial charge in [0.05, 0.1) is 11.5 Å². The molecule has 0 aromatic heterocycles. The molecule has 0 saturated heterocycles. The first kappa shape index (κ1) is 32.7. The van der Waals surface area contributed by atoms with Crippen LogP contribution in [0.3, 0.4) is 0 Å². The predicted molar refractivity (Wildman–Crippen MR) is 173 cm³/mol. The molecule has 3 aliphatic rings. The van der Waals surface area contributed by atoms with E-state index in [1.54, 1.807) is 23.3 Å². The van der Waals surface area contributed by atoms with Gasteiger partial charge in [-0.3, -0.25) is 4.18 Å². The van der Waals surface area contributed by atoms with Crippen molar-refractivity contribution in [3.63, 3.8) is 0 Å². The van der Waals surface area contributed by atoms with Crippen LogP contribution in [0.4, 0.5) is 0 Å². The Morgan fingerprint density at radius 3 is 2.44 bits per heavy atom. The molecule has 6 atom stereocenters. The summed E-state index contributed by atoms with van der Waals surface area (Å²) in [7, 11) is -5.52. The number of hydrogen-bond acceptors (Lipinski definition) is 4. The molecule has 230 valence electrons. The average molecular weight is 601 g/mol. The van der Waals surface area contributed by atoms with Crippen molar-refractivity contribution in [2.75, 3.05) is 6.61 Å². The molecule has 1 aromatic carbocycles. The Morgan fingerprint density at radius 2 is 1.78 bits per heavy atom. The van der Waals surface area contributed by atoms with Crippen molar-refractivity contribution in [2.45, 2.75) is 129 Å². The van der Waals surface area contributed by atoms with Crippen molar-refractivity contribution >= 4 is 18.4 Å². The zero-order valence-corrected chi connectivity index (χ0v) is 29.1. The van der Waals surface area contributed by atoms with E-state index < -0.39 is 18.4 Å². The van der Waals surface area contributed by atoms with Crippen molar-refractivity contribution in [1.82, 2.24) is 0 Å². The third-order valence-corrected chi connectivity index (χ3v) is 16.9. The molecule has 4 rings (SSSR count). The highest BCUT2D eigenvalue weighted by molar-refractivity contribution is 7.86. The average Bonchev–Trinajstić information content (AvgIpc) is 3.22. The first-order valence-corrected chi connectivity index (χ1v) is 20.4. The minimum atomic E-state index is -3.74. The van der Waals surface area contributed by atoms with Gasteiger partial charge in [-0.25, -0.2) is 0 Å². The Hall–Kier alpha value is -1.21. The van der Waals surface area contributed by atoms with Crippen LogP contribution >= 0.6 is 0 Å². The van der Waals surface area contributed by atoms with E-state index in [1.165, 1.54) is 38.5 Å².